The highest BCUT2D eigenvalue weighted by Crippen LogP contribution is 2.19. The van der Waals surface area contributed by atoms with Crippen molar-refractivity contribution in [1.82, 2.24) is 0 Å². The molecule has 0 unspecified atom stereocenters. The van der Waals surface area contributed by atoms with E-state index in [4.69, 9.17) is 14.6 Å². The lowest BCUT2D eigenvalue weighted by Gasteiger charge is -2.17. The van der Waals surface area contributed by atoms with E-state index in [0.29, 0.717) is 6.61 Å². The maximum Gasteiger partial charge on any atom is 0.184 e. The average Bonchev–Trinajstić information content (AvgIpc) is 3.11. The van der Waals surface area contributed by atoms with Crippen LogP contribution in [-0.2, 0) is 9.47 Å². The Kier molecular flexibility index (Phi) is 14.7. The van der Waals surface area contributed by atoms with Gasteiger partial charge in [-0.3, -0.25) is 0 Å². The number of rotatable bonds is 17. The van der Waals surface area contributed by atoms with Crippen molar-refractivity contribution >= 4 is 0 Å². The Labute approximate surface area is 155 Å². The summed E-state index contributed by atoms with van der Waals surface area (Å²) in [6, 6.07) is 0. The summed E-state index contributed by atoms with van der Waals surface area (Å²) in [5.74, 6) is 0. The van der Waals surface area contributed by atoms with E-state index in [1.54, 1.807) is 0 Å². The van der Waals surface area contributed by atoms with E-state index in [1.807, 2.05) is 0 Å². The molecule has 25 heavy (non-hydrogen) atoms. The van der Waals surface area contributed by atoms with Crippen LogP contribution >= 0.6 is 0 Å². The standard InChI is InChI=1S/C21H42O4/c1-2-3-4-5-6-7-8-9-10-11-12-13-14-15-16-20(23)21-24-18-19(17-22)25-21/h19-23H,2-18H2,1H3/t19-,20+,21-/m0/s1. The fraction of sp³-hybridized carbons (Fsp3) is 1.00. The second kappa shape index (κ2) is 16.0. The lowest BCUT2D eigenvalue weighted by Crippen LogP contribution is -2.28. The van der Waals surface area contributed by atoms with Gasteiger partial charge in [0.1, 0.15) is 12.2 Å². The van der Waals surface area contributed by atoms with Gasteiger partial charge in [0.2, 0.25) is 0 Å². The van der Waals surface area contributed by atoms with Gasteiger partial charge >= 0.3 is 0 Å². The van der Waals surface area contributed by atoms with Gasteiger partial charge in [0, 0.05) is 0 Å². The van der Waals surface area contributed by atoms with Gasteiger partial charge in [-0.1, -0.05) is 96.8 Å². The number of ether oxygens (including phenoxy) is 2. The Balaban J connectivity index is 1.77. The van der Waals surface area contributed by atoms with Gasteiger partial charge in [-0.2, -0.15) is 0 Å². The predicted octanol–water partition coefficient (Wildman–Crippen LogP) is 4.95. The molecule has 0 aliphatic carbocycles. The SMILES string of the molecule is CCCCCCCCCCCCCCCC[C@@H](O)[C@H]1OC[C@H](CO)O1. The van der Waals surface area contributed by atoms with E-state index >= 15 is 0 Å². The summed E-state index contributed by atoms with van der Waals surface area (Å²) in [7, 11) is 0. The molecule has 0 bridgehead atoms. The van der Waals surface area contributed by atoms with Gasteiger partial charge in [0.25, 0.3) is 0 Å². The second-order valence-electron chi connectivity index (χ2n) is 7.59. The third kappa shape index (κ3) is 12.0. The van der Waals surface area contributed by atoms with Crippen molar-refractivity contribution in [3.63, 3.8) is 0 Å². The fourth-order valence-electron chi connectivity index (χ4n) is 3.45. The van der Waals surface area contributed by atoms with Crippen LogP contribution in [0.2, 0.25) is 0 Å². The van der Waals surface area contributed by atoms with Crippen LogP contribution in [0, 0.1) is 0 Å². The lowest BCUT2D eigenvalue weighted by atomic mass is 10.0. The molecule has 1 aliphatic rings. The summed E-state index contributed by atoms with van der Waals surface area (Å²) < 4.78 is 10.8. The molecule has 0 spiro atoms. The zero-order chi connectivity index (χ0) is 18.2. The first-order valence-corrected chi connectivity index (χ1v) is 10.8. The monoisotopic (exact) mass is 358 g/mol. The van der Waals surface area contributed by atoms with Gasteiger partial charge in [-0.05, 0) is 6.42 Å². The summed E-state index contributed by atoms with van der Waals surface area (Å²) in [5, 5.41) is 19.0. The maximum atomic E-state index is 10.0. The third-order valence-corrected chi connectivity index (χ3v) is 5.14. The zero-order valence-corrected chi connectivity index (χ0v) is 16.5. The van der Waals surface area contributed by atoms with Crippen LogP contribution in [0.1, 0.15) is 103 Å². The Bertz CT molecular complexity index is 285. The zero-order valence-electron chi connectivity index (χ0n) is 16.5. The van der Waals surface area contributed by atoms with Gasteiger partial charge < -0.3 is 19.7 Å². The van der Waals surface area contributed by atoms with Crippen molar-refractivity contribution in [2.24, 2.45) is 0 Å². The summed E-state index contributed by atoms with van der Waals surface area (Å²) in [5.41, 5.74) is 0. The highest BCUT2D eigenvalue weighted by Gasteiger charge is 2.30. The molecular weight excluding hydrogens is 316 g/mol. The van der Waals surface area contributed by atoms with Crippen LogP contribution in [-0.4, -0.2) is 41.9 Å². The molecule has 0 radical (unpaired) electrons. The minimum atomic E-state index is -0.561. The minimum Gasteiger partial charge on any atom is -0.394 e. The van der Waals surface area contributed by atoms with Crippen molar-refractivity contribution in [3.05, 3.63) is 0 Å². The normalized spacial score (nSPS) is 21.7. The molecule has 1 heterocycles. The van der Waals surface area contributed by atoms with E-state index in [2.05, 4.69) is 6.92 Å². The number of hydrogen-bond donors (Lipinski definition) is 2. The van der Waals surface area contributed by atoms with Crippen molar-refractivity contribution in [1.29, 1.82) is 0 Å². The first kappa shape index (κ1) is 22.9. The molecular formula is C21H42O4. The number of aliphatic hydroxyl groups is 2. The van der Waals surface area contributed by atoms with Crippen molar-refractivity contribution in [3.8, 4) is 0 Å². The summed E-state index contributed by atoms with van der Waals surface area (Å²) in [6.07, 6.45) is 18.1. The molecule has 1 saturated heterocycles. The van der Waals surface area contributed by atoms with Crippen LogP contribution in [0.15, 0.2) is 0 Å². The molecule has 4 heteroatoms. The Morgan fingerprint density at radius 3 is 1.72 bits per heavy atom. The van der Waals surface area contributed by atoms with Gasteiger partial charge in [-0.25, -0.2) is 0 Å². The molecule has 0 aromatic heterocycles. The highest BCUT2D eigenvalue weighted by atomic mass is 16.7. The quantitative estimate of drug-likeness (QED) is 0.361. The third-order valence-electron chi connectivity index (χ3n) is 5.14. The number of hydrogen-bond acceptors (Lipinski definition) is 4. The van der Waals surface area contributed by atoms with Gasteiger partial charge in [0.15, 0.2) is 6.29 Å². The lowest BCUT2D eigenvalue weighted by molar-refractivity contribution is -0.136. The summed E-state index contributed by atoms with van der Waals surface area (Å²) >= 11 is 0. The van der Waals surface area contributed by atoms with Crippen molar-refractivity contribution in [2.45, 2.75) is 122 Å². The fourth-order valence-corrected chi connectivity index (χ4v) is 3.45. The van der Waals surface area contributed by atoms with Crippen LogP contribution in [0.4, 0.5) is 0 Å². The minimum absolute atomic E-state index is 0.0396. The topological polar surface area (TPSA) is 58.9 Å². The molecule has 0 aromatic rings. The van der Waals surface area contributed by atoms with Crippen LogP contribution < -0.4 is 0 Å². The molecule has 1 aliphatic heterocycles. The molecule has 1 rings (SSSR count). The predicted molar refractivity (Wildman–Crippen MR) is 103 cm³/mol. The molecule has 2 N–H and O–H groups in total. The first-order chi connectivity index (χ1) is 12.3. The first-order valence-electron chi connectivity index (χ1n) is 10.8. The van der Waals surface area contributed by atoms with Gasteiger partial charge in [0.05, 0.1) is 13.2 Å². The Morgan fingerprint density at radius 2 is 1.28 bits per heavy atom. The molecule has 0 aromatic carbocycles. The van der Waals surface area contributed by atoms with Crippen molar-refractivity contribution in [2.75, 3.05) is 13.2 Å². The van der Waals surface area contributed by atoms with E-state index < -0.39 is 12.4 Å². The number of unbranched alkanes of at least 4 members (excludes halogenated alkanes) is 13. The Hall–Kier alpha value is -0.160. The molecule has 3 atom stereocenters. The molecule has 0 amide bonds. The summed E-state index contributed by atoms with van der Waals surface area (Å²) in [6.45, 7) is 2.62. The van der Waals surface area contributed by atoms with E-state index in [-0.39, 0.29) is 12.7 Å². The molecule has 0 saturated carbocycles. The highest BCUT2D eigenvalue weighted by molar-refractivity contribution is 4.70. The largest absolute Gasteiger partial charge is 0.394 e. The van der Waals surface area contributed by atoms with Crippen LogP contribution in [0.25, 0.3) is 0 Å². The van der Waals surface area contributed by atoms with Crippen molar-refractivity contribution < 1.29 is 19.7 Å². The molecule has 4 nitrogen and oxygen atoms in total. The average molecular weight is 359 g/mol. The summed E-state index contributed by atoms with van der Waals surface area (Å²) in [4.78, 5) is 0. The Morgan fingerprint density at radius 1 is 0.800 bits per heavy atom. The van der Waals surface area contributed by atoms with Crippen LogP contribution in [0.5, 0.6) is 0 Å². The maximum absolute atomic E-state index is 10.0. The second-order valence-corrected chi connectivity index (χ2v) is 7.59. The van der Waals surface area contributed by atoms with E-state index in [9.17, 15) is 5.11 Å². The smallest absolute Gasteiger partial charge is 0.184 e. The van der Waals surface area contributed by atoms with Crippen LogP contribution in [0.3, 0.4) is 0 Å². The molecule has 150 valence electrons. The van der Waals surface area contributed by atoms with Gasteiger partial charge in [-0.15, -0.1) is 0 Å². The van der Waals surface area contributed by atoms with E-state index in [0.717, 1.165) is 12.8 Å². The number of aliphatic hydroxyl groups excluding tert-OH is 2. The molecule has 1 fully saturated rings. The van der Waals surface area contributed by atoms with E-state index in [1.165, 1.54) is 83.5 Å².